The van der Waals surface area contributed by atoms with E-state index in [1.54, 1.807) is 0 Å². The zero-order valence-electron chi connectivity index (χ0n) is 13.4. The number of carbonyl (C=O) groups is 1. The van der Waals surface area contributed by atoms with E-state index in [0.29, 0.717) is 6.42 Å². The summed E-state index contributed by atoms with van der Waals surface area (Å²) >= 11 is 0. The Morgan fingerprint density at radius 1 is 0.957 bits per heavy atom. The van der Waals surface area contributed by atoms with E-state index in [9.17, 15) is 4.79 Å². The maximum atomic E-state index is 12.8. The summed E-state index contributed by atoms with van der Waals surface area (Å²) in [4.78, 5) is 12.8. The standard InChI is InChI=1S/C21H21OP/c1-2-17-23(18-11-5-3-6-12-18,19-13-7-4-8-14-19)21-16-10-9-15-20(21)22/h3-14,16-17H,2,15H2,1H3. The van der Waals surface area contributed by atoms with Gasteiger partial charge in [0.15, 0.2) is 5.78 Å². The van der Waals surface area contributed by atoms with Crippen LogP contribution in [0.2, 0.25) is 0 Å². The summed E-state index contributed by atoms with van der Waals surface area (Å²) in [7, 11) is 0. The summed E-state index contributed by atoms with van der Waals surface area (Å²) in [6.07, 6.45) is 7.45. The molecule has 0 saturated heterocycles. The van der Waals surface area contributed by atoms with Crippen LogP contribution in [0, 0.1) is 0 Å². The van der Waals surface area contributed by atoms with Crippen LogP contribution >= 0.6 is 6.89 Å². The van der Waals surface area contributed by atoms with E-state index < -0.39 is 6.89 Å². The predicted octanol–water partition coefficient (Wildman–Crippen LogP) is 4.28. The van der Waals surface area contributed by atoms with Crippen molar-refractivity contribution < 1.29 is 4.79 Å². The summed E-state index contributed by atoms with van der Waals surface area (Å²) in [5, 5.41) is 3.48. The average Bonchev–Trinajstić information content (AvgIpc) is 2.62. The fraction of sp³-hybridized carbons (Fsp3) is 0.143. The second-order valence-corrected chi connectivity index (χ2v) is 8.92. The summed E-state index contributed by atoms with van der Waals surface area (Å²) in [6, 6.07) is 21.0. The van der Waals surface area contributed by atoms with Crippen molar-refractivity contribution in [3.63, 3.8) is 0 Å². The lowest BCUT2D eigenvalue weighted by Crippen LogP contribution is -2.23. The van der Waals surface area contributed by atoms with Gasteiger partial charge in [-0.2, -0.15) is 0 Å². The molecule has 0 atom stereocenters. The fourth-order valence-corrected chi connectivity index (χ4v) is 7.29. The quantitative estimate of drug-likeness (QED) is 0.769. The molecule has 0 aromatic heterocycles. The second kappa shape index (κ2) is 6.98. The molecule has 2 aromatic carbocycles. The van der Waals surface area contributed by atoms with Crippen molar-refractivity contribution in [2.24, 2.45) is 0 Å². The molecule has 0 N–H and O–H groups in total. The molecular formula is C21H21OP. The van der Waals surface area contributed by atoms with E-state index in [4.69, 9.17) is 0 Å². The smallest absolute Gasteiger partial charge is 0.167 e. The van der Waals surface area contributed by atoms with Gasteiger partial charge in [-0.05, 0) is 23.9 Å². The minimum Gasteiger partial charge on any atom is -0.294 e. The van der Waals surface area contributed by atoms with Crippen molar-refractivity contribution >= 4 is 29.1 Å². The van der Waals surface area contributed by atoms with Crippen LogP contribution in [0.5, 0.6) is 0 Å². The maximum Gasteiger partial charge on any atom is 0.167 e. The number of hydrogen-bond donors (Lipinski definition) is 0. The van der Waals surface area contributed by atoms with E-state index in [1.165, 1.54) is 10.6 Å². The van der Waals surface area contributed by atoms with Gasteiger partial charge in [0, 0.05) is 11.7 Å². The van der Waals surface area contributed by atoms with Gasteiger partial charge in [-0.15, -0.1) is 0 Å². The fourth-order valence-electron chi connectivity index (χ4n) is 3.18. The van der Waals surface area contributed by atoms with E-state index in [1.807, 2.05) is 30.4 Å². The first kappa shape index (κ1) is 15.8. The molecule has 3 rings (SSSR count). The van der Waals surface area contributed by atoms with Crippen LogP contribution in [0.3, 0.4) is 0 Å². The number of carbonyl (C=O) groups excluding carboxylic acids is 1. The Kier molecular flexibility index (Phi) is 4.79. The molecule has 116 valence electrons. The molecule has 2 heteroatoms. The number of ketones is 1. The lowest BCUT2D eigenvalue weighted by Gasteiger charge is -2.30. The van der Waals surface area contributed by atoms with E-state index in [2.05, 4.69) is 61.3 Å². The van der Waals surface area contributed by atoms with Crippen molar-refractivity contribution in [2.75, 3.05) is 0 Å². The molecule has 1 aliphatic rings. The van der Waals surface area contributed by atoms with Gasteiger partial charge < -0.3 is 0 Å². The van der Waals surface area contributed by atoms with Crippen LogP contribution in [0.25, 0.3) is 0 Å². The molecule has 1 aliphatic carbocycles. The minimum atomic E-state index is -2.00. The minimum absolute atomic E-state index is 0.248. The van der Waals surface area contributed by atoms with Crippen LogP contribution in [-0.4, -0.2) is 11.6 Å². The Morgan fingerprint density at radius 2 is 1.52 bits per heavy atom. The molecule has 1 nitrogen and oxygen atoms in total. The van der Waals surface area contributed by atoms with Crippen LogP contribution in [0.4, 0.5) is 0 Å². The van der Waals surface area contributed by atoms with Crippen LogP contribution in [0.1, 0.15) is 19.8 Å². The Bertz CT molecular complexity index is 755. The van der Waals surface area contributed by atoms with Gasteiger partial charge in [0.1, 0.15) is 0 Å². The highest BCUT2D eigenvalue weighted by Gasteiger charge is 2.30. The number of benzene rings is 2. The van der Waals surface area contributed by atoms with Gasteiger partial charge in [-0.25, -0.2) is 0 Å². The van der Waals surface area contributed by atoms with Crippen LogP contribution in [-0.2, 0) is 4.79 Å². The number of Topliss-reactive ketones (excluding diaryl/α,β-unsaturated/α-hetero) is 1. The highest BCUT2D eigenvalue weighted by atomic mass is 31.2. The second-order valence-electron chi connectivity index (χ2n) is 5.59. The number of hydrogen-bond acceptors (Lipinski definition) is 1. The van der Waals surface area contributed by atoms with Gasteiger partial charge in [0.2, 0.25) is 0 Å². The maximum absolute atomic E-state index is 12.8. The third kappa shape index (κ3) is 2.90. The number of allylic oxidation sites excluding steroid dienone is 4. The summed E-state index contributed by atoms with van der Waals surface area (Å²) < 4.78 is 0. The molecule has 0 radical (unpaired) electrons. The van der Waals surface area contributed by atoms with Crippen molar-refractivity contribution in [1.82, 2.24) is 0 Å². The lowest BCUT2D eigenvalue weighted by atomic mass is 10.2. The molecule has 0 spiro atoms. The molecule has 0 bridgehead atoms. The normalized spacial score (nSPS) is 14.5. The first-order valence-corrected chi connectivity index (χ1v) is 9.90. The van der Waals surface area contributed by atoms with Crippen molar-refractivity contribution in [2.45, 2.75) is 19.8 Å². The average molecular weight is 320 g/mol. The Hall–Kier alpha value is -2.11. The molecule has 0 fully saturated rings. The molecule has 0 aliphatic heterocycles. The van der Waals surface area contributed by atoms with E-state index in [0.717, 1.165) is 11.7 Å². The summed E-state index contributed by atoms with van der Waals surface area (Å²) in [6.45, 7) is 0.160. The molecule has 0 heterocycles. The van der Waals surface area contributed by atoms with Crippen LogP contribution < -0.4 is 10.6 Å². The van der Waals surface area contributed by atoms with Gasteiger partial charge in [0.25, 0.3) is 0 Å². The topological polar surface area (TPSA) is 17.1 Å². The van der Waals surface area contributed by atoms with E-state index in [-0.39, 0.29) is 5.78 Å². The molecule has 0 saturated carbocycles. The highest BCUT2D eigenvalue weighted by molar-refractivity contribution is 7.92. The Morgan fingerprint density at radius 3 is 2.00 bits per heavy atom. The Balaban J connectivity index is 2.37. The van der Waals surface area contributed by atoms with Crippen LogP contribution in [0.15, 0.2) is 84.2 Å². The van der Waals surface area contributed by atoms with E-state index >= 15 is 0 Å². The van der Waals surface area contributed by atoms with Gasteiger partial charge in [0.05, 0.1) is 0 Å². The van der Waals surface area contributed by atoms with Gasteiger partial charge in [-0.1, -0.05) is 91.6 Å². The monoisotopic (exact) mass is 320 g/mol. The molecular weight excluding hydrogens is 299 g/mol. The highest BCUT2D eigenvalue weighted by Crippen LogP contribution is 2.54. The van der Waals surface area contributed by atoms with Crippen molar-refractivity contribution in [3.05, 3.63) is 84.2 Å². The zero-order valence-corrected chi connectivity index (χ0v) is 14.2. The Labute approximate surface area is 138 Å². The first-order chi connectivity index (χ1) is 11.3. The number of rotatable bonds is 4. The molecule has 2 aromatic rings. The third-order valence-electron chi connectivity index (χ3n) is 4.14. The summed E-state index contributed by atoms with van der Waals surface area (Å²) in [5.74, 6) is 2.62. The SMILES string of the molecule is CCC=P(C1=CC=CCC1=O)(c1ccccc1)c1ccccc1. The largest absolute Gasteiger partial charge is 0.294 e. The van der Waals surface area contributed by atoms with Crippen molar-refractivity contribution in [1.29, 1.82) is 0 Å². The predicted molar refractivity (Wildman–Crippen MR) is 102 cm³/mol. The lowest BCUT2D eigenvalue weighted by molar-refractivity contribution is -0.114. The molecule has 0 amide bonds. The molecule has 0 unspecified atom stereocenters. The van der Waals surface area contributed by atoms with Gasteiger partial charge >= 0.3 is 0 Å². The molecule has 23 heavy (non-hydrogen) atoms. The third-order valence-corrected chi connectivity index (χ3v) is 8.44. The van der Waals surface area contributed by atoms with Crippen molar-refractivity contribution in [3.8, 4) is 0 Å². The summed E-state index contributed by atoms with van der Waals surface area (Å²) in [5.41, 5.74) is 0. The van der Waals surface area contributed by atoms with Gasteiger partial charge in [-0.3, -0.25) is 4.79 Å². The zero-order chi connectivity index (χ0) is 16.1. The first-order valence-electron chi connectivity index (χ1n) is 8.04.